The van der Waals surface area contributed by atoms with Gasteiger partial charge in [0, 0.05) is 17.2 Å². The lowest BCUT2D eigenvalue weighted by molar-refractivity contribution is -0.124. The zero-order valence-corrected chi connectivity index (χ0v) is 15.1. The van der Waals surface area contributed by atoms with Gasteiger partial charge in [0.15, 0.2) is 0 Å². The number of ketones is 1. The minimum atomic E-state index is -0.375. The first-order valence-electron chi connectivity index (χ1n) is 9.44. The maximum absolute atomic E-state index is 13.6. The third kappa shape index (κ3) is 2.95. The summed E-state index contributed by atoms with van der Waals surface area (Å²) in [5, 5.41) is 2.98. The number of hydrogen-bond acceptors (Lipinski definition) is 3. The van der Waals surface area contributed by atoms with Crippen molar-refractivity contribution in [1.29, 1.82) is 0 Å². The van der Waals surface area contributed by atoms with Crippen molar-refractivity contribution >= 4 is 17.4 Å². The van der Waals surface area contributed by atoms with E-state index in [0.717, 1.165) is 49.3 Å². The van der Waals surface area contributed by atoms with Gasteiger partial charge in [-0.15, -0.1) is 0 Å². The van der Waals surface area contributed by atoms with E-state index in [2.05, 4.69) is 17.1 Å². The second-order valence-corrected chi connectivity index (χ2v) is 7.17. The van der Waals surface area contributed by atoms with Crippen molar-refractivity contribution in [3.8, 4) is 0 Å². The Bertz CT molecular complexity index is 838. The molecule has 2 aromatic carbocycles. The van der Waals surface area contributed by atoms with Crippen LogP contribution in [0.15, 0.2) is 48.5 Å². The quantitative estimate of drug-likeness (QED) is 0.920. The van der Waals surface area contributed by atoms with Crippen LogP contribution in [0.5, 0.6) is 0 Å². The molecule has 2 aromatic rings. The first kappa shape index (κ1) is 17.0. The molecule has 0 saturated carbocycles. The van der Waals surface area contributed by atoms with Crippen LogP contribution in [0.3, 0.4) is 0 Å². The van der Waals surface area contributed by atoms with E-state index in [1.165, 1.54) is 0 Å². The van der Waals surface area contributed by atoms with Gasteiger partial charge in [-0.25, -0.2) is 0 Å². The Hall–Kier alpha value is -2.46. The number of para-hydroxylation sites is 1. The molecular weight excluding hydrogens is 324 g/mol. The van der Waals surface area contributed by atoms with Crippen LogP contribution in [-0.2, 0) is 4.79 Å². The van der Waals surface area contributed by atoms with E-state index >= 15 is 0 Å². The van der Waals surface area contributed by atoms with Crippen LogP contribution in [0.25, 0.3) is 0 Å². The molecule has 4 nitrogen and oxygen atoms in total. The SMILES string of the molecule is CCN1CCC(C(=O)C2c3ccccc3NC(=O)c3ccccc32)CC1. The van der Waals surface area contributed by atoms with Gasteiger partial charge < -0.3 is 10.2 Å². The largest absolute Gasteiger partial charge is 0.322 e. The summed E-state index contributed by atoms with van der Waals surface area (Å²) >= 11 is 0. The number of anilines is 1. The minimum absolute atomic E-state index is 0.0529. The van der Waals surface area contributed by atoms with Crippen LogP contribution in [0.4, 0.5) is 5.69 Å². The lowest BCUT2D eigenvalue weighted by Crippen LogP contribution is -2.37. The number of rotatable bonds is 3. The molecule has 134 valence electrons. The summed E-state index contributed by atoms with van der Waals surface area (Å²) in [5.74, 6) is -0.210. The molecule has 0 radical (unpaired) electrons. The summed E-state index contributed by atoms with van der Waals surface area (Å²) in [6, 6.07) is 15.2. The number of nitrogens with zero attached hydrogens (tertiary/aromatic N) is 1. The van der Waals surface area contributed by atoms with Gasteiger partial charge in [0.05, 0.1) is 5.92 Å². The Morgan fingerprint density at radius 2 is 1.69 bits per heavy atom. The second-order valence-electron chi connectivity index (χ2n) is 7.17. The first-order chi connectivity index (χ1) is 12.7. The molecule has 0 bridgehead atoms. The average Bonchev–Trinajstić information content (AvgIpc) is 2.81. The summed E-state index contributed by atoms with van der Waals surface area (Å²) in [6.45, 7) is 5.14. The summed E-state index contributed by atoms with van der Waals surface area (Å²) in [4.78, 5) is 28.6. The fourth-order valence-corrected chi connectivity index (χ4v) is 4.25. The minimum Gasteiger partial charge on any atom is -0.322 e. The van der Waals surface area contributed by atoms with Crippen molar-refractivity contribution in [2.24, 2.45) is 5.92 Å². The standard InChI is InChI=1S/C22H24N2O2/c1-2-24-13-11-15(12-14-24)21(25)20-16-7-3-4-8-17(16)22(26)23-19-10-6-5-9-18(19)20/h3-10,15,20H,2,11-14H2,1H3,(H,23,26). The predicted molar refractivity (Wildman–Crippen MR) is 103 cm³/mol. The van der Waals surface area contributed by atoms with Crippen LogP contribution in [0.1, 0.15) is 47.2 Å². The van der Waals surface area contributed by atoms with E-state index in [1.54, 1.807) is 0 Å². The van der Waals surface area contributed by atoms with Gasteiger partial charge >= 0.3 is 0 Å². The number of piperidine rings is 1. The van der Waals surface area contributed by atoms with Crippen molar-refractivity contribution in [3.05, 3.63) is 65.2 Å². The molecule has 0 aromatic heterocycles. The molecule has 26 heavy (non-hydrogen) atoms. The lowest BCUT2D eigenvalue weighted by atomic mass is 9.78. The number of benzene rings is 2. The number of carbonyl (C=O) groups excluding carboxylic acids is 2. The second kappa shape index (κ2) is 7.04. The van der Waals surface area contributed by atoms with Crippen LogP contribution >= 0.6 is 0 Å². The van der Waals surface area contributed by atoms with Gasteiger partial charge in [-0.05, 0) is 55.7 Å². The highest BCUT2D eigenvalue weighted by Crippen LogP contribution is 2.39. The van der Waals surface area contributed by atoms with E-state index < -0.39 is 0 Å². The van der Waals surface area contributed by atoms with Gasteiger partial charge in [-0.2, -0.15) is 0 Å². The maximum Gasteiger partial charge on any atom is 0.255 e. The zero-order valence-electron chi connectivity index (χ0n) is 15.1. The number of Topliss-reactive ketones (excluding diaryl/α,β-unsaturated/α-hetero) is 1. The molecule has 4 heteroatoms. The third-order valence-electron chi connectivity index (χ3n) is 5.76. The monoisotopic (exact) mass is 348 g/mol. The lowest BCUT2D eigenvalue weighted by Gasteiger charge is -2.32. The number of amides is 1. The highest BCUT2D eigenvalue weighted by molar-refractivity contribution is 6.09. The molecule has 2 aliphatic rings. The molecule has 1 atom stereocenters. The summed E-state index contributed by atoms with van der Waals surface area (Å²) in [6.07, 6.45) is 1.80. The molecule has 0 aliphatic carbocycles. The Morgan fingerprint density at radius 3 is 2.42 bits per heavy atom. The van der Waals surface area contributed by atoms with Gasteiger partial charge in [0.2, 0.25) is 0 Å². The van der Waals surface area contributed by atoms with E-state index in [0.29, 0.717) is 5.56 Å². The normalized spacial score (nSPS) is 20.7. The molecule has 1 fully saturated rings. The highest BCUT2D eigenvalue weighted by Gasteiger charge is 2.36. The number of fused-ring (bicyclic) bond motifs is 2. The molecule has 1 amide bonds. The van der Waals surface area contributed by atoms with Crippen molar-refractivity contribution in [1.82, 2.24) is 4.90 Å². The molecular formula is C22H24N2O2. The van der Waals surface area contributed by atoms with Gasteiger partial charge in [-0.3, -0.25) is 9.59 Å². The van der Waals surface area contributed by atoms with E-state index in [1.807, 2.05) is 48.5 Å². The molecule has 1 saturated heterocycles. The van der Waals surface area contributed by atoms with Crippen LogP contribution < -0.4 is 5.32 Å². The van der Waals surface area contributed by atoms with Gasteiger partial charge in [0.1, 0.15) is 5.78 Å². The molecule has 0 spiro atoms. The van der Waals surface area contributed by atoms with E-state index in [-0.39, 0.29) is 23.5 Å². The molecule has 2 aliphatic heterocycles. The number of nitrogens with one attached hydrogen (secondary N) is 1. The molecule has 4 rings (SSSR count). The fourth-order valence-electron chi connectivity index (χ4n) is 4.25. The third-order valence-corrected chi connectivity index (χ3v) is 5.76. The predicted octanol–water partition coefficient (Wildman–Crippen LogP) is 3.69. The number of carbonyl (C=O) groups is 2. The molecule has 1 N–H and O–H groups in total. The van der Waals surface area contributed by atoms with Gasteiger partial charge in [-0.1, -0.05) is 43.3 Å². The number of hydrogen-bond donors (Lipinski definition) is 1. The maximum atomic E-state index is 13.6. The van der Waals surface area contributed by atoms with Crippen molar-refractivity contribution in [2.45, 2.75) is 25.7 Å². The average molecular weight is 348 g/mol. The van der Waals surface area contributed by atoms with Crippen LogP contribution in [-0.4, -0.2) is 36.2 Å². The van der Waals surface area contributed by atoms with Crippen molar-refractivity contribution in [3.63, 3.8) is 0 Å². The van der Waals surface area contributed by atoms with E-state index in [9.17, 15) is 9.59 Å². The smallest absolute Gasteiger partial charge is 0.255 e. The summed E-state index contributed by atoms with van der Waals surface area (Å²) in [5.41, 5.74) is 3.10. The zero-order chi connectivity index (χ0) is 18.1. The van der Waals surface area contributed by atoms with E-state index in [4.69, 9.17) is 0 Å². The first-order valence-corrected chi connectivity index (χ1v) is 9.44. The Morgan fingerprint density at radius 1 is 1.04 bits per heavy atom. The Balaban J connectivity index is 1.76. The highest BCUT2D eigenvalue weighted by atomic mass is 16.2. The topological polar surface area (TPSA) is 49.4 Å². The molecule has 2 heterocycles. The van der Waals surface area contributed by atoms with Crippen LogP contribution in [0, 0.1) is 5.92 Å². The summed E-state index contributed by atoms with van der Waals surface area (Å²) < 4.78 is 0. The summed E-state index contributed by atoms with van der Waals surface area (Å²) in [7, 11) is 0. The van der Waals surface area contributed by atoms with Crippen molar-refractivity contribution < 1.29 is 9.59 Å². The Kier molecular flexibility index (Phi) is 4.60. The van der Waals surface area contributed by atoms with Crippen molar-refractivity contribution in [2.75, 3.05) is 25.0 Å². The van der Waals surface area contributed by atoms with Crippen LogP contribution in [0.2, 0.25) is 0 Å². The molecule has 1 unspecified atom stereocenters. The Labute approximate surface area is 154 Å². The number of likely N-dealkylation sites (tertiary alicyclic amines) is 1. The van der Waals surface area contributed by atoms with Gasteiger partial charge in [0.25, 0.3) is 5.91 Å². The fraction of sp³-hybridized carbons (Fsp3) is 0.364.